The van der Waals surface area contributed by atoms with Gasteiger partial charge >= 0.3 is 0 Å². The lowest BCUT2D eigenvalue weighted by atomic mass is 10.2. The molecule has 0 fully saturated rings. The summed E-state index contributed by atoms with van der Waals surface area (Å²) >= 11 is 1.26. The summed E-state index contributed by atoms with van der Waals surface area (Å²) in [5, 5.41) is 0.772. The van der Waals surface area contributed by atoms with Crippen LogP contribution in [0.2, 0.25) is 0 Å². The van der Waals surface area contributed by atoms with E-state index in [1.165, 1.54) is 11.3 Å². The number of fused-ring (bicyclic) bond motifs is 1. The third-order valence-corrected chi connectivity index (χ3v) is 5.82. The molecule has 2 aromatic heterocycles. The van der Waals surface area contributed by atoms with Gasteiger partial charge in [-0.1, -0.05) is 30.3 Å². The highest BCUT2D eigenvalue weighted by Gasteiger charge is 2.19. The number of aromatic nitrogens is 2. The van der Waals surface area contributed by atoms with E-state index in [1.807, 2.05) is 53.1 Å². The average molecular weight is 423 g/mol. The molecular weight excluding hydrogens is 402 g/mol. The molecule has 4 aromatic rings. The Kier molecular flexibility index (Phi) is 5.58. The first kappa shape index (κ1) is 19.8. The first-order valence-corrected chi connectivity index (χ1v) is 10.1. The molecule has 1 amide bonds. The highest BCUT2D eigenvalue weighted by Crippen LogP contribution is 2.36. The van der Waals surface area contributed by atoms with Crippen molar-refractivity contribution < 1.29 is 19.0 Å². The zero-order chi connectivity index (χ0) is 21.1. The van der Waals surface area contributed by atoms with Crippen LogP contribution in [0.5, 0.6) is 17.2 Å². The Hall–Kier alpha value is -3.52. The van der Waals surface area contributed by atoms with Gasteiger partial charge in [-0.2, -0.15) is 0 Å². The number of benzene rings is 2. The SMILES string of the molecule is COc1cc2ncn(-c3cc(OCCc4ccccc4)c(C(N)=O)s3)c2cc1OC. The molecule has 0 spiro atoms. The number of hydrogen-bond acceptors (Lipinski definition) is 6. The van der Waals surface area contributed by atoms with Crippen LogP contribution >= 0.6 is 11.3 Å². The van der Waals surface area contributed by atoms with Crippen molar-refractivity contribution in [2.45, 2.75) is 6.42 Å². The normalized spacial score (nSPS) is 10.9. The van der Waals surface area contributed by atoms with Gasteiger partial charge in [-0.05, 0) is 5.56 Å². The quantitative estimate of drug-likeness (QED) is 0.465. The maximum absolute atomic E-state index is 12.0. The molecule has 2 heterocycles. The van der Waals surface area contributed by atoms with E-state index in [1.54, 1.807) is 20.5 Å². The predicted octanol–water partition coefficient (Wildman–Crippen LogP) is 3.82. The first-order valence-electron chi connectivity index (χ1n) is 9.30. The summed E-state index contributed by atoms with van der Waals surface area (Å²) < 4.78 is 18.5. The van der Waals surface area contributed by atoms with Crippen molar-refractivity contribution in [1.29, 1.82) is 0 Å². The Bertz CT molecular complexity index is 1180. The number of hydrogen-bond donors (Lipinski definition) is 1. The molecule has 0 atom stereocenters. The van der Waals surface area contributed by atoms with Crippen LogP contribution in [-0.2, 0) is 6.42 Å². The Morgan fingerprint density at radius 2 is 1.80 bits per heavy atom. The lowest BCUT2D eigenvalue weighted by Gasteiger charge is -2.08. The van der Waals surface area contributed by atoms with Gasteiger partial charge in [0.1, 0.15) is 22.0 Å². The molecule has 0 radical (unpaired) electrons. The van der Waals surface area contributed by atoms with Gasteiger partial charge in [0.15, 0.2) is 11.5 Å². The zero-order valence-electron chi connectivity index (χ0n) is 16.6. The minimum absolute atomic E-state index is 0.375. The van der Waals surface area contributed by atoms with Crippen molar-refractivity contribution in [2.75, 3.05) is 20.8 Å². The number of amides is 1. The Morgan fingerprint density at radius 3 is 2.50 bits per heavy atom. The number of carbonyl (C=O) groups excluding carboxylic acids is 1. The van der Waals surface area contributed by atoms with Gasteiger partial charge in [0.05, 0.1) is 31.9 Å². The Balaban J connectivity index is 1.65. The minimum Gasteiger partial charge on any atom is -0.493 e. The molecule has 0 saturated carbocycles. The van der Waals surface area contributed by atoms with Crippen molar-refractivity contribution >= 4 is 28.3 Å². The molecule has 154 valence electrons. The summed E-state index contributed by atoms with van der Waals surface area (Å²) in [5.74, 6) is 1.15. The van der Waals surface area contributed by atoms with Gasteiger partial charge in [0, 0.05) is 24.6 Å². The maximum atomic E-state index is 12.0. The number of imidazole rings is 1. The minimum atomic E-state index is -0.523. The second-order valence-electron chi connectivity index (χ2n) is 6.54. The van der Waals surface area contributed by atoms with Crippen LogP contribution in [0, 0.1) is 0 Å². The number of nitrogens with two attached hydrogens (primary N) is 1. The number of rotatable bonds is 8. The fourth-order valence-corrected chi connectivity index (χ4v) is 4.13. The van der Waals surface area contributed by atoms with Crippen LogP contribution < -0.4 is 19.9 Å². The average Bonchev–Trinajstić information content (AvgIpc) is 3.37. The molecule has 2 aromatic carbocycles. The van der Waals surface area contributed by atoms with E-state index in [9.17, 15) is 4.79 Å². The second kappa shape index (κ2) is 8.46. The summed E-state index contributed by atoms with van der Waals surface area (Å²) in [6, 6.07) is 15.5. The number of carbonyl (C=O) groups is 1. The monoisotopic (exact) mass is 423 g/mol. The molecule has 30 heavy (non-hydrogen) atoms. The number of thiophene rings is 1. The van der Waals surface area contributed by atoms with E-state index in [-0.39, 0.29) is 0 Å². The van der Waals surface area contributed by atoms with Crippen LogP contribution in [0.15, 0.2) is 54.9 Å². The van der Waals surface area contributed by atoms with E-state index in [2.05, 4.69) is 4.98 Å². The van der Waals surface area contributed by atoms with Crippen LogP contribution in [0.25, 0.3) is 16.0 Å². The van der Waals surface area contributed by atoms with Crippen molar-refractivity contribution in [3.63, 3.8) is 0 Å². The largest absolute Gasteiger partial charge is 0.493 e. The first-order chi connectivity index (χ1) is 14.6. The van der Waals surface area contributed by atoms with Crippen molar-refractivity contribution in [2.24, 2.45) is 5.73 Å². The van der Waals surface area contributed by atoms with E-state index >= 15 is 0 Å². The van der Waals surface area contributed by atoms with E-state index in [4.69, 9.17) is 19.9 Å². The molecule has 2 N–H and O–H groups in total. The lowest BCUT2D eigenvalue weighted by Crippen LogP contribution is -2.11. The predicted molar refractivity (Wildman–Crippen MR) is 116 cm³/mol. The van der Waals surface area contributed by atoms with Gasteiger partial charge in [0.2, 0.25) is 0 Å². The summed E-state index contributed by atoms with van der Waals surface area (Å²) in [6.07, 6.45) is 2.42. The van der Waals surface area contributed by atoms with Crippen LogP contribution in [0.3, 0.4) is 0 Å². The number of nitrogens with zero attached hydrogens (tertiary/aromatic N) is 2. The molecule has 0 saturated heterocycles. The summed E-state index contributed by atoms with van der Waals surface area (Å²) in [4.78, 5) is 16.8. The molecule has 4 rings (SSSR count). The molecule has 7 nitrogen and oxygen atoms in total. The summed E-state index contributed by atoms with van der Waals surface area (Å²) in [6.45, 7) is 0.441. The van der Waals surface area contributed by atoms with E-state index in [0.717, 1.165) is 28.0 Å². The van der Waals surface area contributed by atoms with Crippen LogP contribution in [-0.4, -0.2) is 36.3 Å². The fraction of sp³-hybridized carbons (Fsp3) is 0.182. The third kappa shape index (κ3) is 3.81. The summed E-state index contributed by atoms with van der Waals surface area (Å²) in [7, 11) is 3.16. The molecule has 0 aliphatic heterocycles. The zero-order valence-corrected chi connectivity index (χ0v) is 17.4. The molecule has 8 heteroatoms. The van der Waals surface area contributed by atoms with Gasteiger partial charge in [-0.25, -0.2) is 4.98 Å². The summed E-state index contributed by atoms with van der Waals surface area (Å²) in [5.41, 5.74) is 8.32. The van der Waals surface area contributed by atoms with Crippen LogP contribution in [0.1, 0.15) is 15.2 Å². The van der Waals surface area contributed by atoms with E-state index in [0.29, 0.717) is 28.7 Å². The van der Waals surface area contributed by atoms with Gasteiger partial charge < -0.3 is 19.9 Å². The Labute approximate surface area is 177 Å². The highest BCUT2D eigenvalue weighted by atomic mass is 32.1. The van der Waals surface area contributed by atoms with Crippen molar-refractivity contribution in [1.82, 2.24) is 9.55 Å². The topological polar surface area (TPSA) is 88.6 Å². The third-order valence-electron chi connectivity index (χ3n) is 4.69. The lowest BCUT2D eigenvalue weighted by molar-refractivity contribution is 0.100. The van der Waals surface area contributed by atoms with Gasteiger partial charge in [-0.3, -0.25) is 9.36 Å². The Morgan fingerprint density at radius 1 is 1.07 bits per heavy atom. The molecule has 0 aliphatic carbocycles. The molecule has 0 aliphatic rings. The van der Waals surface area contributed by atoms with Gasteiger partial charge in [0.25, 0.3) is 5.91 Å². The number of ether oxygens (including phenoxy) is 3. The fourth-order valence-electron chi connectivity index (χ4n) is 3.19. The molecular formula is C22H21N3O4S. The highest BCUT2D eigenvalue weighted by molar-refractivity contribution is 7.16. The smallest absolute Gasteiger partial charge is 0.262 e. The van der Waals surface area contributed by atoms with Gasteiger partial charge in [-0.15, -0.1) is 11.3 Å². The number of methoxy groups -OCH3 is 2. The number of primary amides is 1. The van der Waals surface area contributed by atoms with Crippen LogP contribution in [0.4, 0.5) is 0 Å². The van der Waals surface area contributed by atoms with E-state index < -0.39 is 5.91 Å². The standard InChI is InChI=1S/C22H21N3O4S/c1-27-17-10-15-16(11-18(17)28-2)25(13-24-15)20-12-19(21(30-20)22(23)26)29-9-8-14-6-4-3-5-7-14/h3-7,10-13H,8-9H2,1-2H3,(H2,23,26). The van der Waals surface area contributed by atoms with Crippen molar-refractivity contribution in [3.8, 4) is 22.2 Å². The molecule has 0 unspecified atom stereocenters. The molecule has 0 bridgehead atoms. The second-order valence-corrected chi connectivity index (χ2v) is 7.57. The van der Waals surface area contributed by atoms with Crippen molar-refractivity contribution in [3.05, 3.63) is 65.3 Å². The maximum Gasteiger partial charge on any atom is 0.262 e.